The summed E-state index contributed by atoms with van der Waals surface area (Å²) in [6.07, 6.45) is 2.14. The number of carbonyl (C=O) groups is 1. The van der Waals surface area contributed by atoms with E-state index in [-0.39, 0.29) is 16.5 Å². The van der Waals surface area contributed by atoms with E-state index in [0.29, 0.717) is 50.0 Å². The summed E-state index contributed by atoms with van der Waals surface area (Å²) in [5.41, 5.74) is 1.64. The van der Waals surface area contributed by atoms with Crippen LogP contribution in [-0.4, -0.2) is 65.7 Å². The molecule has 33 heavy (non-hydrogen) atoms. The van der Waals surface area contributed by atoms with Gasteiger partial charge >= 0.3 is 0 Å². The molecule has 0 radical (unpaired) electrons. The second kappa shape index (κ2) is 11.4. The third kappa shape index (κ3) is 6.66. The maximum Gasteiger partial charge on any atom is 0.261 e. The van der Waals surface area contributed by atoms with E-state index >= 15 is 0 Å². The summed E-state index contributed by atoms with van der Waals surface area (Å²) >= 11 is 0. The second-order valence-corrected chi connectivity index (χ2v) is 9.95. The molecule has 3 N–H and O–H groups in total. The smallest absolute Gasteiger partial charge is 0.261 e. The summed E-state index contributed by atoms with van der Waals surface area (Å²) in [4.78, 5) is 19.6. The Bertz CT molecular complexity index is 1040. The summed E-state index contributed by atoms with van der Waals surface area (Å²) in [6, 6.07) is 8.34. The third-order valence-electron chi connectivity index (χ3n) is 5.45. The Hall–Kier alpha value is -2.69. The topological polar surface area (TPSA) is 113 Å². The van der Waals surface area contributed by atoms with E-state index < -0.39 is 10.0 Å². The highest BCUT2D eigenvalue weighted by molar-refractivity contribution is 7.92. The zero-order chi connectivity index (χ0) is 23.8. The van der Waals surface area contributed by atoms with Crippen LogP contribution in [-0.2, 0) is 14.8 Å². The molecule has 1 aliphatic rings. The lowest BCUT2D eigenvalue weighted by Gasteiger charge is -2.30. The number of pyridine rings is 1. The number of benzene rings is 1. The lowest BCUT2D eigenvalue weighted by atomic mass is 10.0. The molecule has 0 bridgehead atoms. The summed E-state index contributed by atoms with van der Waals surface area (Å²) in [7, 11) is -2.21. The maximum absolute atomic E-state index is 12.9. The number of hydrogen-bond donors (Lipinski definition) is 3. The molecule has 0 spiro atoms. The van der Waals surface area contributed by atoms with E-state index in [0.717, 1.165) is 18.7 Å². The monoisotopic (exact) mass is 475 g/mol. The first-order valence-electron chi connectivity index (χ1n) is 11.2. The van der Waals surface area contributed by atoms with Crippen LogP contribution < -0.4 is 20.3 Å². The molecule has 1 aromatic heterocycles. The fraction of sp³-hybridized carbons (Fsp3) is 0.478. The molecule has 180 valence electrons. The third-order valence-corrected chi connectivity index (χ3v) is 6.85. The van der Waals surface area contributed by atoms with E-state index in [9.17, 15) is 13.2 Å². The van der Waals surface area contributed by atoms with Crippen molar-refractivity contribution in [1.82, 2.24) is 15.6 Å². The van der Waals surface area contributed by atoms with E-state index in [2.05, 4.69) is 34.2 Å². The van der Waals surface area contributed by atoms with Crippen molar-refractivity contribution >= 4 is 27.4 Å². The normalized spacial score (nSPS) is 14.4. The summed E-state index contributed by atoms with van der Waals surface area (Å²) < 4.78 is 33.4. The number of hydrogen-bond acceptors (Lipinski definition) is 7. The van der Waals surface area contributed by atoms with E-state index in [1.54, 1.807) is 25.3 Å². The van der Waals surface area contributed by atoms with Crippen LogP contribution in [0.3, 0.4) is 0 Å². The quantitative estimate of drug-likeness (QED) is 0.452. The Balaban J connectivity index is 1.84. The minimum atomic E-state index is -3.82. The molecule has 2 aromatic rings. The van der Waals surface area contributed by atoms with Gasteiger partial charge < -0.3 is 20.3 Å². The average molecular weight is 476 g/mol. The number of nitrogens with one attached hydrogen (secondary N) is 3. The van der Waals surface area contributed by atoms with Crippen LogP contribution in [0, 0.1) is 0 Å². The molecule has 0 unspecified atom stereocenters. The van der Waals surface area contributed by atoms with Gasteiger partial charge in [0.05, 0.1) is 22.3 Å². The molecule has 1 amide bonds. The molecule has 1 saturated heterocycles. The molecule has 1 aliphatic heterocycles. The number of aromatic nitrogens is 1. The van der Waals surface area contributed by atoms with Crippen LogP contribution >= 0.6 is 0 Å². The second-order valence-electron chi connectivity index (χ2n) is 8.26. The SMILES string of the molecule is COCCCNC(=O)c1cc(NS(=O)(=O)c2ccc(C(C)C)cc2)cnc1N1CCNCC1. The zero-order valence-corrected chi connectivity index (χ0v) is 20.2. The molecular weight excluding hydrogens is 442 g/mol. The maximum atomic E-state index is 12.9. The minimum absolute atomic E-state index is 0.156. The molecule has 3 rings (SSSR count). The fourth-order valence-corrected chi connectivity index (χ4v) is 4.60. The van der Waals surface area contributed by atoms with Crippen molar-refractivity contribution in [1.29, 1.82) is 0 Å². The lowest BCUT2D eigenvalue weighted by molar-refractivity contribution is 0.0948. The van der Waals surface area contributed by atoms with Gasteiger partial charge in [0, 0.05) is 46.4 Å². The standard InChI is InChI=1S/C23H33N5O4S/c1-17(2)18-5-7-20(8-6-18)33(30,31)27-19-15-21(23(29)25-9-4-14-32-3)22(26-16-19)28-12-10-24-11-13-28/h5-8,15-17,24,27H,4,9-14H2,1-3H3,(H,25,29). The van der Waals surface area contributed by atoms with Gasteiger partial charge in [-0.3, -0.25) is 9.52 Å². The predicted molar refractivity (Wildman–Crippen MR) is 129 cm³/mol. The Morgan fingerprint density at radius 3 is 2.55 bits per heavy atom. The van der Waals surface area contributed by atoms with Crippen LogP contribution in [0.15, 0.2) is 41.4 Å². The van der Waals surface area contributed by atoms with E-state index in [1.165, 1.54) is 6.20 Å². The highest BCUT2D eigenvalue weighted by Gasteiger charge is 2.22. The van der Waals surface area contributed by atoms with Crippen LogP contribution in [0.2, 0.25) is 0 Å². The van der Waals surface area contributed by atoms with Crippen LogP contribution in [0.1, 0.15) is 42.1 Å². The number of methoxy groups -OCH3 is 1. The highest BCUT2D eigenvalue weighted by atomic mass is 32.2. The van der Waals surface area contributed by atoms with Crippen LogP contribution in [0.5, 0.6) is 0 Å². The van der Waals surface area contributed by atoms with Crippen LogP contribution in [0.25, 0.3) is 0 Å². The molecule has 2 heterocycles. The lowest BCUT2D eigenvalue weighted by Crippen LogP contribution is -2.44. The van der Waals surface area contributed by atoms with Gasteiger partial charge in [-0.1, -0.05) is 26.0 Å². The van der Waals surface area contributed by atoms with Gasteiger partial charge in [-0.2, -0.15) is 0 Å². The minimum Gasteiger partial charge on any atom is -0.385 e. The molecule has 0 saturated carbocycles. The molecule has 0 aliphatic carbocycles. The Morgan fingerprint density at radius 1 is 1.21 bits per heavy atom. The number of carbonyl (C=O) groups excluding carboxylic acids is 1. The number of ether oxygens (including phenoxy) is 1. The number of piperazine rings is 1. The molecular formula is C23H33N5O4S. The number of nitrogens with zero attached hydrogens (tertiary/aromatic N) is 2. The van der Waals surface area contributed by atoms with Crippen molar-refractivity contribution in [2.24, 2.45) is 0 Å². The Morgan fingerprint density at radius 2 is 1.91 bits per heavy atom. The first-order valence-corrected chi connectivity index (χ1v) is 12.7. The summed E-state index contributed by atoms with van der Waals surface area (Å²) in [5, 5.41) is 6.15. The zero-order valence-electron chi connectivity index (χ0n) is 19.4. The van der Waals surface area contributed by atoms with Gasteiger partial charge in [-0.05, 0) is 36.1 Å². The highest BCUT2D eigenvalue weighted by Crippen LogP contribution is 2.24. The summed E-state index contributed by atoms with van der Waals surface area (Å²) in [5.74, 6) is 0.556. The van der Waals surface area contributed by atoms with Crippen molar-refractivity contribution in [2.45, 2.75) is 31.1 Å². The molecule has 9 nitrogen and oxygen atoms in total. The van der Waals surface area contributed by atoms with Gasteiger partial charge in [-0.15, -0.1) is 0 Å². The number of rotatable bonds is 10. The number of sulfonamides is 1. The Kier molecular flexibility index (Phi) is 8.65. The number of amides is 1. The van der Waals surface area contributed by atoms with Crippen LogP contribution in [0.4, 0.5) is 11.5 Å². The van der Waals surface area contributed by atoms with Gasteiger partial charge in [0.2, 0.25) is 0 Å². The van der Waals surface area contributed by atoms with Gasteiger partial charge in [0.15, 0.2) is 0 Å². The first-order chi connectivity index (χ1) is 15.8. The Labute approximate surface area is 196 Å². The van der Waals surface area contributed by atoms with Crippen molar-refractivity contribution in [3.05, 3.63) is 47.7 Å². The van der Waals surface area contributed by atoms with Gasteiger partial charge in [0.1, 0.15) is 5.82 Å². The van der Waals surface area contributed by atoms with Crippen molar-refractivity contribution in [2.75, 3.05) is 56.1 Å². The fourth-order valence-electron chi connectivity index (χ4n) is 3.57. The summed E-state index contributed by atoms with van der Waals surface area (Å²) in [6.45, 7) is 8.10. The van der Waals surface area contributed by atoms with Crippen molar-refractivity contribution < 1.29 is 17.9 Å². The van der Waals surface area contributed by atoms with Crippen molar-refractivity contribution in [3.8, 4) is 0 Å². The van der Waals surface area contributed by atoms with Gasteiger partial charge in [0.25, 0.3) is 15.9 Å². The van der Waals surface area contributed by atoms with Gasteiger partial charge in [-0.25, -0.2) is 13.4 Å². The molecule has 1 fully saturated rings. The first kappa shape index (κ1) is 24.9. The average Bonchev–Trinajstić information content (AvgIpc) is 2.82. The number of anilines is 2. The molecule has 1 aromatic carbocycles. The van der Waals surface area contributed by atoms with E-state index in [4.69, 9.17) is 4.74 Å². The van der Waals surface area contributed by atoms with Crippen molar-refractivity contribution in [3.63, 3.8) is 0 Å². The van der Waals surface area contributed by atoms with E-state index in [1.807, 2.05) is 17.0 Å². The molecule has 10 heteroatoms. The largest absolute Gasteiger partial charge is 0.385 e. The predicted octanol–water partition coefficient (Wildman–Crippen LogP) is 2.18. The molecule has 0 atom stereocenters.